The molecular formula is C21H19N3O4. The molecule has 0 saturated heterocycles. The molecule has 0 unspecified atom stereocenters. The minimum atomic E-state index is -0.241. The van der Waals surface area contributed by atoms with Crippen LogP contribution in [0.15, 0.2) is 60.8 Å². The van der Waals surface area contributed by atoms with E-state index in [2.05, 4.69) is 15.6 Å². The van der Waals surface area contributed by atoms with Crippen molar-refractivity contribution in [3.05, 3.63) is 71.9 Å². The molecule has 0 spiro atoms. The van der Waals surface area contributed by atoms with Crippen LogP contribution in [0.2, 0.25) is 0 Å². The number of aromatic nitrogens is 1. The van der Waals surface area contributed by atoms with E-state index in [4.69, 9.17) is 14.2 Å². The van der Waals surface area contributed by atoms with Crippen molar-refractivity contribution in [1.82, 2.24) is 4.98 Å². The van der Waals surface area contributed by atoms with Crippen LogP contribution in [-0.4, -0.2) is 24.8 Å². The van der Waals surface area contributed by atoms with Crippen LogP contribution in [0.1, 0.15) is 15.9 Å². The lowest BCUT2D eigenvalue weighted by Gasteiger charge is -2.10. The molecule has 2 aromatic carbocycles. The monoisotopic (exact) mass is 377 g/mol. The minimum Gasteiger partial charge on any atom is -0.496 e. The molecule has 4 rings (SSSR count). The third-order valence-corrected chi connectivity index (χ3v) is 4.31. The number of carbonyl (C=O) groups is 1. The van der Waals surface area contributed by atoms with Gasteiger partial charge in [-0.15, -0.1) is 0 Å². The molecule has 2 N–H and O–H groups in total. The molecule has 142 valence electrons. The summed E-state index contributed by atoms with van der Waals surface area (Å²) in [4.78, 5) is 16.8. The maximum Gasteiger partial charge on any atom is 0.255 e. The van der Waals surface area contributed by atoms with Gasteiger partial charge in [0.05, 0.1) is 19.0 Å². The SMILES string of the molecule is COc1ccccc1CNc1ccc(NC(=O)c2ccc3c(c2)OCO3)cn1. The van der Waals surface area contributed by atoms with Gasteiger partial charge in [0.2, 0.25) is 6.79 Å². The van der Waals surface area contributed by atoms with Crippen LogP contribution >= 0.6 is 0 Å². The van der Waals surface area contributed by atoms with Crippen LogP contribution in [0.3, 0.4) is 0 Å². The van der Waals surface area contributed by atoms with Crippen molar-refractivity contribution in [3.63, 3.8) is 0 Å². The lowest BCUT2D eigenvalue weighted by molar-refractivity contribution is 0.102. The predicted molar refractivity (Wildman–Crippen MR) is 105 cm³/mol. The number of nitrogens with one attached hydrogen (secondary N) is 2. The maximum atomic E-state index is 12.4. The van der Waals surface area contributed by atoms with Gasteiger partial charge in [-0.1, -0.05) is 18.2 Å². The van der Waals surface area contributed by atoms with Gasteiger partial charge < -0.3 is 24.8 Å². The Morgan fingerprint density at radius 1 is 1.11 bits per heavy atom. The number of benzene rings is 2. The quantitative estimate of drug-likeness (QED) is 0.682. The summed E-state index contributed by atoms with van der Waals surface area (Å²) in [6.45, 7) is 0.757. The first-order valence-electron chi connectivity index (χ1n) is 8.76. The molecule has 0 atom stereocenters. The number of hydrogen-bond acceptors (Lipinski definition) is 6. The Bertz CT molecular complexity index is 989. The molecule has 0 radical (unpaired) electrons. The summed E-state index contributed by atoms with van der Waals surface area (Å²) in [6.07, 6.45) is 1.61. The second-order valence-corrected chi connectivity index (χ2v) is 6.12. The summed E-state index contributed by atoms with van der Waals surface area (Å²) in [5, 5.41) is 6.06. The summed E-state index contributed by atoms with van der Waals surface area (Å²) in [6, 6.07) is 16.5. The van der Waals surface area contributed by atoms with Crippen LogP contribution in [0.25, 0.3) is 0 Å². The van der Waals surface area contributed by atoms with Gasteiger partial charge in [-0.25, -0.2) is 4.98 Å². The number of rotatable bonds is 6. The molecule has 3 aromatic rings. The third-order valence-electron chi connectivity index (χ3n) is 4.31. The summed E-state index contributed by atoms with van der Waals surface area (Å²) >= 11 is 0. The van der Waals surface area contributed by atoms with Gasteiger partial charge in [-0.3, -0.25) is 4.79 Å². The molecule has 0 aliphatic carbocycles. The molecule has 2 heterocycles. The number of amides is 1. The highest BCUT2D eigenvalue weighted by Crippen LogP contribution is 2.32. The Morgan fingerprint density at radius 2 is 1.96 bits per heavy atom. The lowest BCUT2D eigenvalue weighted by Crippen LogP contribution is -2.12. The number of pyridine rings is 1. The zero-order chi connectivity index (χ0) is 19.3. The van der Waals surface area contributed by atoms with E-state index in [0.717, 1.165) is 11.3 Å². The average Bonchev–Trinajstić information content (AvgIpc) is 3.21. The minimum absolute atomic E-state index is 0.174. The van der Waals surface area contributed by atoms with Crippen molar-refractivity contribution >= 4 is 17.4 Å². The van der Waals surface area contributed by atoms with E-state index < -0.39 is 0 Å². The second kappa shape index (κ2) is 7.87. The molecule has 7 heteroatoms. The first-order chi connectivity index (χ1) is 13.7. The maximum absolute atomic E-state index is 12.4. The van der Waals surface area contributed by atoms with Crippen molar-refractivity contribution < 1.29 is 19.0 Å². The molecule has 1 aliphatic heterocycles. The Morgan fingerprint density at radius 3 is 2.79 bits per heavy atom. The van der Waals surface area contributed by atoms with Gasteiger partial charge in [-0.05, 0) is 36.4 Å². The summed E-state index contributed by atoms with van der Waals surface area (Å²) in [5.74, 6) is 2.50. The zero-order valence-electron chi connectivity index (χ0n) is 15.3. The number of para-hydroxylation sites is 1. The van der Waals surface area contributed by atoms with Crippen molar-refractivity contribution in [2.45, 2.75) is 6.54 Å². The molecule has 7 nitrogen and oxygen atoms in total. The predicted octanol–water partition coefficient (Wildman–Crippen LogP) is 3.68. The number of hydrogen-bond donors (Lipinski definition) is 2. The van der Waals surface area contributed by atoms with Gasteiger partial charge in [0.25, 0.3) is 5.91 Å². The Hall–Kier alpha value is -3.74. The number of fused-ring (bicyclic) bond motifs is 1. The molecule has 1 aromatic heterocycles. The second-order valence-electron chi connectivity index (χ2n) is 6.12. The van der Waals surface area contributed by atoms with Gasteiger partial charge in [0.15, 0.2) is 11.5 Å². The van der Waals surface area contributed by atoms with Crippen LogP contribution in [-0.2, 0) is 6.54 Å². The van der Waals surface area contributed by atoms with E-state index >= 15 is 0 Å². The van der Waals surface area contributed by atoms with Gasteiger partial charge in [0.1, 0.15) is 11.6 Å². The number of carbonyl (C=O) groups excluding carboxylic acids is 1. The van der Waals surface area contributed by atoms with Crippen molar-refractivity contribution in [2.24, 2.45) is 0 Å². The van der Waals surface area contributed by atoms with Crippen molar-refractivity contribution in [2.75, 3.05) is 24.5 Å². The third kappa shape index (κ3) is 3.83. The lowest BCUT2D eigenvalue weighted by atomic mass is 10.2. The number of ether oxygens (including phenoxy) is 3. The summed E-state index contributed by atoms with van der Waals surface area (Å²) in [7, 11) is 1.65. The topological polar surface area (TPSA) is 81.7 Å². The van der Waals surface area contributed by atoms with Gasteiger partial charge in [-0.2, -0.15) is 0 Å². The smallest absolute Gasteiger partial charge is 0.255 e. The van der Waals surface area contributed by atoms with E-state index in [1.165, 1.54) is 0 Å². The molecular weight excluding hydrogens is 358 g/mol. The van der Waals surface area contributed by atoms with Crippen LogP contribution in [0.4, 0.5) is 11.5 Å². The fraction of sp³-hybridized carbons (Fsp3) is 0.143. The summed E-state index contributed by atoms with van der Waals surface area (Å²) < 4.78 is 15.9. The first-order valence-corrected chi connectivity index (χ1v) is 8.76. The standard InChI is InChI=1S/C21H19N3O4/c1-26-17-5-3-2-4-15(17)11-22-20-9-7-16(12-23-20)24-21(25)14-6-8-18-19(10-14)28-13-27-18/h2-10,12H,11,13H2,1H3,(H,22,23)(H,24,25). The normalized spacial score (nSPS) is 11.8. The number of nitrogens with zero attached hydrogens (tertiary/aromatic N) is 1. The van der Waals surface area contributed by atoms with Crippen LogP contribution < -0.4 is 24.8 Å². The van der Waals surface area contributed by atoms with Crippen molar-refractivity contribution in [1.29, 1.82) is 0 Å². The molecule has 0 saturated carbocycles. The number of anilines is 2. The van der Waals surface area contributed by atoms with E-state index in [-0.39, 0.29) is 12.7 Å². The van der Waals surface area contributed by atoms with Crippen LogP contribution in [0, 0.1) is 0 Å². The van der Waals surface area contributed by atoms with E-state index in [1.54, 1.807) is 37.6 Å². The fourth-order valence-corrected chi connectivity index (χ4v) is 2.85. The van der Waals surface area contributed by atoms with Crippen LogP contribution in [0.5, 0.6) is 17.2 Å². The highest BCUT2D eigenvalue weighted by Gasteiger charge is 2.16. The Labute approximate surface area is 162 Å². The van der Waals surface area contributed by atoms with E-state index in [1.807, 2.05) is 30.3 Å². The molecule has 28 heavy (non-hydrogen) atoms. The highest BCUT2D eigenvalue weighted by molar-refractivity contribution is 6.04. The molecule has 0 fully saturated rings. The molecule has 1 amide bonds. The molecule has 0 bridgehead atoms. The fourth-order valence-electron chi connectivity index (χ4n) is 2.85. The Balaban J connectivity index is 1.37. The zero-order valence-corrected chi connectivity index (χ0v) is 15.3. The number of methoxy groups -OCH3 is 1. The largest absolute Gasteiger partial charge is 0.496 e. The van der Waals surface area contributed by atoms with Crippen molar-refractivity contribution in [3.8, 4) is 17.2 Å². The average molecular weight is 377 g/mol. The van der Waals surface area contributed by atoms with E-state index in [0.29, 0.717) is 35.1 Å². The van der Waals surface area contributed by atoms with E-state index in [9.17, 15) is 4.79 Å². The Kier molecular flexibility index (Phi) is 4.97. The first kappa shape index (κ1) is 17.7. The van der Waals surface area contributed by atoms with Gasteiger partial charge >= 0.3 is 0 Å². The summed E-state index contributed by atoms with van der Waals surface area (Å²) in [5.41, 5.74) is 2.13. The van der Waals surface area contributed by atoms with Gasteiger partial charge in [0, 0.05) is 17.7 Å². The molecule has 1 aliphatic rings. The highest BCUT2D eigenvalue weighted by atomic mass is 16.7.